The summed E-state index contributed by atoms with van der Waals surface area (Å²) in [5.74, 6) is 0. The van der Waals surface area contributed by atoms with E-state index in [4.69, 9.17) is 14.2 Å². The Morgan fingerprint density at radius 2 is 1.06 bits per heavy atom. The van der Waals surface area contributed by atoms with Crippen molar-refractivity contribution in [2.75, 3.05) is 4.43 Å². The third-order valence-electron chi connectivity index (χ3n) is 4.95. The maximum absolute atomic E-state index is 6.39. The van der Waals surface area contributed by atoms with Crippen molar-refractivity contribution in [3.8, 4) is 0 Å². The number of alkyl halides is 1. The van der Waals surface area contributed by atoms with Crippen LogP contribution in [-0.2, 0) is 34.0 Å². The first-order chi connectivity index (χ1) is 15.3. The second kappa shape index (κ2) is 13.4. The molecule has 0 bridgehead atoms. The summed E-state index contributed by atoms with van der Waals surface area (Å²) in [5.41, 5.74) is 3.38. The Labute approximate surface area is 199 Å². The molecular weight excluding hydrogens is 499 g/mol. The van der Waals surface area contributed by atoms with Crippen LogP contribution in [0.3, 0.4) is 0 Å². The van der Waals surface area contributed by atoms with E-state index in [2.05, 4.69) is 65.6 Å². The molecule has 0 N–H and O–H groups in total. The molecule has 3 nitrogen and oxygen atoms in total. The van der Waals surface area contributed by atoms with Crippen LogP contribution in [0.5, 0.6) is 0 Å². The second-order valence-corrected chi connectivity index (χ2v) is 8.13. The number of benzene rings is 3. The first-order valence-electron chi connectivity index (χ1n) is 10.4. The number of hydrogen-bond donors (Lipinski definition) is 0. The van der Waals surface area contributed by atoms with E-state index in [0.717, 1.165) is 21.1 Å². The molecule has 0 aliphatic rings. The molecular formula is C27H29IO3. The van der Waals surface area contributed by atoms with Gasteiger partial charge in [0.05, 0.1) is 25.9 Å². The molecule has 0 heterocycles. The average molecular weight is 528 g/mol. The van der Waals surface area contributed by atoms with E-state index in [0.29, 0.717) is 19.8 Å². The highest BCUT2D eigenvalue weighted by atomic mass is 127. The van der Waals surface area contributed by atoms with Gasteiger partial charge in [-0.2, -0.15) is 0 Å². The van der Waals surface area contributed by atoms with Crippen LogP contribution in [-0.4, -0.2) is 22.7 Å². The molecule has 0 aliphatic heterocycles. The molecule has 0 fully saturated rings. The van der Waals surface area contributed by atoms with Crippen LogP contribution in [0.2, 0.25) is 0 Å². The zero-order valence-corrected chi connectivity index (χ0v) is 19.8. The van der Waals surface area contributed by atoms with E-state index in [-0.39, 0.29) is 18.3 Å². The maximum atomic E-state index is 6.39. The normalized spacial score (nSPS) is 14.0. The maximum Gasteiger partial charge on any atom is 0.115 e. The lowest BCUT2D eigenvalue weighted by Gasteiger charge is -2.31. The minimum atomic E-state index is -0.292. The van der Waals surface area contributed by atoms with Gasteiger partial charge in [-0.25, -0.2) is 0 Å². The molecule has 3 aromatic carbocycles. The Kier molecular flexibility index (Phi) is 10.3. The van der Waals surface area contributed by atoms with E-state index in [1.54, 1.807) is 0 Å². The SMILES string of the molecule is C=C[C@@H](OCc1ccccc1)[C@H](OCc1ccccc1)[C@H](CI)OCc1ccccc1. The van der Waals surface area contributed by atoms with E-state index in [1.807, 2.05) is 60.7 Å². The number of ether oxygens (including phenoxy) is 3. The van der Waals surface area contributed by atoms with Gasteiger partial charge in [-0.1, -0.05) is 120 Å². The van der Waals surface area contributed by atoms with Gasteiger partial charge in [0.25, 0.3) is 0 Å². The Balaban J connectivity index is 1.71. The fourth-order valence-electron chi connectivity index (χ4n) is 3.25. The molecule has 0 spiro atoms. The molecule has 0 aliphatic carbocycles. The van der Waals surface area contributed by atoms with Crippen molar-refractivity contribution >= 4 is 22.6 Å². The van der Waals surface area contributed by atoms with E-state index < -0.39 is 0 Å². The predicted octanol–water partition coefficient (Wildman–Crippen LogP) is 6.36. The van der Waals surface area contributed by atoms with Gasteiger partial charge in [0.15, 0.2) is 0 Å². The van der Waals surface area contributed by atoms with Gasteiger partial charge in [-0.05, 0) is 16.7 Å². The molecule has 4 heteroatoms. The van der Waals surface area contributed by atoms with Crippen LogP contribution in [0.25, 0.3) is 0 Å². The van der Waals surface area contributed by atoms with Gasteiger partial charge < -0.3 is 14.2 Å². The van der Waals surface area contributed by atoms with Gasteiger partial charge in [-0.3, -0.25) is 0 Å². The third-order valence-corrected chi connectivity index (χ3v) is 5.82. The Morgan fingerprint density at radius 3 is 1.48 bits per heavy atom. The summed E-state index contributed by atoms with van der Waals surface area (Å²) in [6, 6.07) is 30.5. The fourth-order valence-corrected chi connectivity index (χ4v) is 4.00. The molecule has 0 radical (unpaired) electrons. The Bertz CT molecular complexity index is 871. The smallest absolute Gasteiger partial charge is 0.115 e. The largest absolute Gasteiger partial charge is 0.370 e. The van der Waals surface area contributed by atoms with Crippen LogP contribution in [0.4, 0.5) is 0 Å². The van der Waals surface area contributed by atoms with Gasteiger partial charge >= 0.3 is 0 Å². The van der Waals surface area contributed by atoms with Crippen molar-refractivity contribution in [1.29, 1.82) is 0 Å². The molecule has 3 atom stereocenters. The topological polar surface area (TPSA) is 27.7 Å². The minimum Gasteiger partial charge on any atom is -0.370 e. The van der Waals surface area contributed by atoms with Crippen LogP contribution in [0, 0.1) is 0 Å². The van der Waals surface area contributed by atoms with Crippen molar-refractivity contribution in [2.45, 2.75) is 38.1 Å². The molecule has 0 unspecified atom stereocenters. The molecule has 0 aromatic heterocycles. The van der Waals surface area contributed by atoms with Crippen LogP contribution in [0.15, 0.2) is 104 Å². The van der Waals surface area contributed by atoms with Crippen molar-refractivity contribution in [3.63, 3.8) is 0 Å². The van der Waals surface area contributed by atoms with Gasteiger partial charge in [-0.15, -0.1) is 6.58 Å². The molecule has 0 amide bonds. The summed E-state index contributed by atoms with van der Waals surface area (Å²) in [5, 5.41) is 0. The average Bonchev–Trinajstić information content (AvgIpc) is 2.84. The van der Waals surface area contributed by atoms with Crippen LogP contribution >= 0.6 is 22.6 Å². The fraction of sp³-hybridized carbons (Fsp3) is 0.259. The molecule has 3 rings (SSSR count). The molecule has 0 saturated carbocycles. The third kappa shape index (κ3) is 7.89. The van der Waals surface area contributed by atoms with Gasteiger partial charge in [0.1, 0.15) is 12.2 Å². The summed E-state index contributed by atoms with van der Waals surface area (Å²) < 4.78 is 19.7. The summed E-state index contributed by atoms with van der Waals surface area (Å²) >= 11 is 2.36. The highest BCUT2D eigenvalue weighted by molar-refractivity contribution is 14.1. The molecule has 31 heavy (non-hydrogen) atoms. The number of rotatable bonds is 13. The predicted molar refractivity (Wildman–Crippen MR) is 134 cm³/mol. The standard InChI is InChI=1S/C27H29IO3/c1-2-25(29-19-22-12-6-3-7-13-22)27(31-21-24-16-10-5-11-17-24)26(18-28)30-20-23-14-8-4-9-15-23/h2-17,25-27H,1,18-21H2/t25-,26+,27+/m1/s1. The van der Waals surface area contributed by atoms with E-state index >= 15 is 0 Å². The first kappa shape index (κ1) is 23.7. The van der Waals surface area contributed by atoms with Crippen molar-refractivity contribution in [1.82, 2.24) is 0 Å². The summed E-state index contributed by atoms with van der Waals surface area (Å²) in [6.07, 6.45) is 1.12. The van der Waals surface area contributed by atoms with Crippen molar-refractivity contribution in [3.05, 3.63) is 120 Å². The molecule has 3 aromatic rings. The lowest BCUT2D eigenvalue weighted by atomic mass is 10.1. The highest BCUT2D eigenvalue weighted by Gasteiger charge is 2.30. The molecule has 162 valence electrons. The monoisotopic (exact) mass is 528 g/mol. The Hall–Kier alpha value is -1.99. The van der Waals surface area contributed by atoms with Crippen LogP contribution in [0.1, 0.15) is 16.7 Å². The number of halogens is 1. The Morgan fingerprint density at radius 1 is 0.645 bits per heavy atom. The summed E-state index contributed by atoms with van der Waals surface area (Å²) in [6.45, 7) is 5.54. The summed E-state index contributed by atoms with van der Waals surface area (Å²) in [7, 11) is 0. The quantitative estimate of drug-likeness (QED) is 0.147. The molecule has 0 saturated heterocycles. The van der Waals surface area contributed by atoms with Crippen molar-refractivity contribution in [2.24, 2.45) is 0 Å². The second-order valence-electron chi connectivity index (χ2n) is 7.25. The highest BCUT2D eigenvalue weighted by Crippen LogP contribution is 2.20. The lowest BCUT2D eigenvalue weighted by molar-refractivity contribution is -0.130. The van der Waals surface area contributed by atoms with Gasteiger partial charge in [0.2, 0.25) is 0 Å². The van der Waals surface area contributed by atoms with Crippen LogP contribution < -0.4 is 0 Å². The first-order valence-corrected chi connectivity index (χ1v) is 12.0. The van der Waals surface area contributed by atoms with Gasteiger partial charge in [0, 0.05) is 4.43 Å². The van der Waals surface area contributed by atoms with E-state index in [9.17, 15) is 0 Å². The van der Waals surface area contributed by atoms with Crippen molar-refractivity contribution < 1.29 is 14.2 Å². The summed E-state index contributed by atoms with van der Waals surface area (Å²) in [4.78, 5) is 0. The number of hydrogen-bond acceptors (Lipinski definition) is 3. The zero-order chi connectivity index (χ0) is 21.7. The minimum absolute atomic E-state index is 0.136. The van der Waals surface area contributed by atoms with E-state index in [1.165, 1.54) is 0 Å². The lowest BCUT2D eigenvalue weighted by Crippen LogP contribution is -2.42. The zero-order valence-electron chi connectivity index (χ0n) is 17.6.